The number of benzene rings is 1. The zero-order valence-corrected chi connectivity index (χ0v) is 11.7. The fourth-order valence-corrected chi connectivity index (χ4v) is 2.18. The van der Waals surface area contributed by atoms with Crippen LogP contribution in [-0.4, -0.2) is 33.0 Å². The highest BCUT2D eigenvalue weighted by Gasteiger charge is 2.13. The molecule has 4 nitrogen and oxygen atoms in total. The highest BCUT2D eigenvalue weighted by molar-refractivity contribution is 5.28. The van der Waals surface area contributed by atoms with Crippen molar-refractivity contribution in [3.05, 3.63) is 29.8 Å². The molecule has 0 saturated carbocycles. The first-order valence-electron chi connectivity index (χ1n) is 7.12. The minimum atomic E-state index is 0.439. The van der Waals surface area contributed by atoms with Gasteiger partial charge in [-0.3, -0.25) is 0 Å². The van der Waals surface area contributed by atoms with E-state index in [0.717, 1.165) is 44.0 Å². The molecule has 0 bridgehead atoms. The zero-order valence-electron chi connectivity index (χ0n) is 11.7. The molecule has 0 N–H and O–H groups in total. The van der Waals surface area contributed by atoms with E-state index in [4.69, 9.17) is 19.5 Å². The van der Waals surface area contributed by atoms with Gasteiger partial charge in [-0.2, -0.15) is 5.26 Å². The maximum atomic E-state index is 8.59. The minimum absolute atomic E-state index is 0.439. The molecule has 20 heavy (non-hydrogen) atoms. The molecular formula is C16H21NO3. The third kappa shape index (κ3) is 5.20. The smallest absolute Gasteiger partial charge is 0.119 e. The Morgan fingerprint density at radius 2 is 1.90 bits per heavy atom. The molecule has 0 aromatic heterocycles. The topological polar surface area (TPSA) is 51.5 Å². The summed E-state index contributed by atoms with van der Waals surface area (Å²) in [5.74, 6) is 1.45. The Morgan fingerprint density at radius 3 is 2.60 bits per heavy atom. The van der Waals surface area contributed by atoms with Gasteiger partial charge in [0, 0.05) is 19.8 Å². The summed E-state index contributed by atoms with van der Waals surface area (Å²) in [7, 11) is 0. The second-order valence-corrected chi connectivity index (χ2v) is 4.96. The van der Waals surface area contributed by atoms with Crippen LogP contribution in [0, 0.1) is 17.2 Å². The van der Waals surface area contributed by atoms with Crippen molar-refractivity contribution >= 4 is 0 Å². The maximum Gasteiger partial charge on any atom is 0.119 e. The van der Waals surface area contributed by atoms with Gasteiger partial charge in [-0.15, -0.1) is 0 Å². The summed E-state index contributed by atoms with van der Waals surface area (Å²) in [5.41, 5.74) is 1.01. The number of nitrogens with zero attached hydrogens (tertiary/aromatic N) is 1. The van der Waals surface area contributed by atoms with Crippen LogP contribution in [0.5, 0.6) is 5.75 Å². The van der Waals surface area contributed by atoms with Crippen molar-refractivity contribution in [3.63, 3.8) is 0 Å². The predicted molar refractivity (Wildman–Crippen MR) is 75.6 cm³/mol. The Bertz CT molecular complexity index is 418. The normalized spacial score (nSPS) is 15.8. The van der Waals surface area contributed by atoms with E-state index < -0.39 is 0 Å². The first kappa shape index (κ1) is 14.8. The summed E-state index contributed by atoms with van der Waals surface area (Å²) in [6.07, 6.45) is 2.64. The SMILES string of the molecule is N#CCc1ccc(OCCOCC2CCOCC2)cc1. The van der Waals surface area contributed by atoms with Gasteiger partial charge in [0.25, 0.3) is 0 Å². The van der Waals surface area contributed by atoms with Crippen LogP contribution in [-0.2, 0) is 15.9 Å². The van der Waals surface area contributed by atoms with Crippen LogP contribution in [0.3, 0.4) is 0 Å². The fourth-order valence-electron chi connectivity index (χ4n) is 2.18. The van der Waals surface area contributed by atoms with E-state index in [0.29, 0.717) is 25.6 Å². The average molecular weight is 275 g/mol. The standard InChI is InChI=1S/C16H21NO3/c17-8-5-14-1-3-16(4-2-14)20-12-11-19-13-15-6-9-18-10-7-15/h1-4,15H,5-7,9-13H2. The fraction of sp³-hybridized carbons (Fsp3) is 0.562. The summed E-state index contributed by atoms with van der Waals surface area (Å²) in [6.45, 7) is 3.69. The third-order valence-corrected chi connectivity index (χ3v) is 3.40. The average Bonchev–Trinajstić information content (AvgIpc) is 2.50. The van der Waals surface area contributed by atoms with E-state index in [9.17, 15) is 0 Å². The highest BCUT2D eigenvalue weighted by atomic mass is 16.5. The van der Waals surface area contributed by atoms with Gasteiger partial charge >= 0.3 is 0 Å². The lowest BCUT2D eigenvalue weighted by Gasteiger charge is -2.21. The Hall–Kier alpha value is -1.57. The van der Waals surface area contributed by atoms with Crippen molar-refractivity contribution in [1.29, 1.82) is 5.26 Å². The number of ether oxygens (including phenoxy) is 3. The van der Waals surface area contributed by atoms with Gasteiger partial charge in [0.05, 0.1) is 19.1 Å². The van der Waals surface area contributed by atoms with E-state index in [1.165, 1.54) is 0 Å². The molecule has 1 aromatic carbocycles. The van der Waals surface area contributed by atoms with Gasteiger partial charge in [-0.1, -0.05) is 12.1 Å². The number of hydrogen-bond acceptors (Lipinski definition) is 4. The van der Waals surface area contributed by atoms with Gasteiger partial charge in [-0.25, -0.2) is 0 Å². The molecule has 0 radical (unpaired) electrons. The molecule has 0 spiro atoms. The first-order chi connectivity index (χ1) is 9.88. The summed E-state index contributed by atoms with van der Waals surface area (Å²) >= 11 is 0. The van der Waals surface area contributed by atoms with Crippen molar-refractivity contribution in [2.45, 2.75) is 19.3 Å². The van der Waals surface area contributed by atoms with Crippen molar-refractivity contribution in [2.24, 2.45) is 5.92 Å². The lowest BCUT2D eigenvalue weighted by Crippen LogP contribution is -2.21. The quantitative estimate of drug-likeness (QED) is 0.718. The lowest BCUT2D eigenvalue weighted by atomic mass is 10.0. The van der Waals surface area contributed by atoms with Gasteiger partial charge < -0.3 is 14.2 Å². The zero-order chi connectivity index (χ0) is 14.0. The number of rotatable bonds is 7. The predicted octanol–water partition coefficient (Wildman–Crippen LogP) is 2.57. The number of nitriles is 1. The molecule has 1 aromatic rings. The van der Waals surface area contributed by atoms with Crippen LogP contribution in [0.15, 0.2) is 24.3 Å². The Balaban J connectivity index is 1.57. The molecule has 1 heterocycles. The highest BCUT2D eigenvalue weighted by Crippen LogP contribution is 2.15. The molecule has 1 saturated heterocycles. The summed E-state index contributed by atoms with van der Waals surface area (Å²) in [6, 6.07) is 9.75. The van der Waals surface area contributed by atoms with Crippen LogP contribution < -0.4 is 4.74 Å². The molecule has 1 aliphatic rings. The van der Waals surface area contributed by atoms with Crippen LogP contribution in [0.2, 0.25) is 0 Å². The van der Waals surface area contributed by atoms with Crippen LogP contribution >= 0.6 is 0 Å². The van der Waals surface area contributed by atoms with Gasteiger partial charge in [0.2, 0.25) is 0 Å². The van der Waals surface area contributed by atoms with E-state index in [1.54, 1.807) is 0 Å². The van der Waals surface area contributed by atoms with Crippen molar-refractivity contribution in [1.82, 2.24) is 0 Å². The second-order valence-electron chi connectivity index (χ2n) is 4.96. The molecule has 108 valence electrons. The monoisotopic (exact) mass is 275 g/mol. The Labute approximate surface area is 120 Å². The van der Waals surface area contributed by atoms with Crippen molar-refractivity contribution in [2.75, 3.05) is 33.0 Å². The molecule has 0 aliphatic carbocycles. The lowest BCUT2D eigenvalue weighted by molar-refractivity contribution is 0.0139. The number of hydrogen-bond donors (Lipinski definition) is 0. The van der Waals surface area contributed by atoms with Crippen molar-refractivity contribution < 1.29 is 14.2 Å². The second kappa shape index (κ2) is 8.57. The molecule has 2 rings (SSSR count). The molecule has 4 heteroatoms. The molecule has 0 unspecified atom stereocenters. The molecule has 1 fully saturated rings. The van der Waals surface area contributed by atoms with E-state index in [1.807, 2.05) is 24.3 Å². The third-order valence-electron chi connectivity index (χ3n) is 3.40. The summed E-state index contributed by atoms with van der Waals surface area (Å²) in [4.78, 5) is 0. The maximum absolute atomic E-state index is 8.59. The molecule has 0 atom stereocenters. The van der Waals surface area contributed by atoms with Gasteiger partial charge in [0.15, 0.2) is 0 Å². The van der Waals surface area contributed by atoms with E-state index in [2.05, 4.69) is 6.07 Å². The van der Waals surface area contributed by atoms with Crippen LogP contribution in [0.4, 0.5) is 0 Å². The molecule has 0 amide bonds. The Morgan fingerprint density at radius 1 is 1.15 bits per heavy atom. The van der Waals surface area contributed by atoms with Gasteiger partial charge in [0.1, 0.15) is 12.4 Å². The van der Waals surface area contributed by atoms with E-state index >= 15 is 0 Å². The largest absolute Gasteiger partial charge is 0.491 e. The van der Waals surface area contributed by atoms with Crippen LogP contribution in [0.25, 0.3) is 0 Å². The molecule has 1 aliphatic heterocycles. The first-order valence-corrected chi connectivity index (χ1v) is 7.12. The Kier molecular flexibility index (Phi) is 6.36. The molecular weight excluding hydrogens is 254 g/mol. The summed E-state index contributed by atoms with van der Waals surface area (Å²) in [5, 5.41) is 8.59. The van der Waals surface area contributed by atoms with Crippen molar-refractivity contribution in [3.8, 4) is 11.8 Å². The summed E-state index contributed by atoms with van der Waals surface area (Å²) < 4.78 is 16.5. The van der Waals surface area contributed by atoms with E-state index in [-0.39, 0.29) is 0 Å². The minimum Gasteiger partial charge on any atom is -0.491 e. The van der Waals surface area contributed by atoms with Crippen LogP contribution in [0.1, 0.15) is 18.4 Å². The van der Waals surface area contributed by atoms with Gasteiger partial charge in [-0.05, 0) is 36.5 Å².